The summed E-state index contributed by atoms with van der Waals surface area (Å²) in [7, 11) is 1.82. The van der Waals surface area contributed by atoms with E-state index in [0.717, 1.165) is 11.1 Å². The first-order valence-corrected chi connectivity index (χ1v) is 5.55. The van der Waals surface area contributed by atoms with Gasteiger partial charge in [-0.05, 0) is 31.7 Å². The van der Waals surface area contributed by atoms with Gasteiger partial charge in [0.25, 0.3) is 0 Å². The topological polar surface area (TPSA) is 24.9 Å². The first kappa shape index (κ1) is 11.7. The van der Waals surface area contributed by atoms with Gasteiger partial charge in [0.15, 0.2) is 0 Å². The fraction of sp³-hybridized carbons (Fsp3) is 0.214. The Balaban J connectivity index is 2.46. The lowest BCUT2D eigenvalue weighted by atomic mass is 9.98. The molecule has 0 aliphatic rings. The molecule has 0 bridgehead atoms. The second-order valence-electron chi connectivity index (χ2n) is 4.03. The number of halogens is 1. The van der Waals surface area contributed by atoms with Crippen LogP contribution in [0.15, 0.2) is 42.7 Å². The van der Waals surface area contributed by atoms with Crippen molar-refractivity contribution in [2.45, 2.75) is 13.0 Å². The van der Waals surface area contributed by atoms with E-state index in [4.69, 9.17) is 0 Å². The monoisotopic (exact) mass is 230 g/mol. The van der Waals surface area contributed by atoms with Crippen LogP contribution in [0.5, 0.6) is 0 Å². The van der Waals surface area contributed by atoms with Crippen LogP contribution in [0.1, 0.15) is 22.7 Å². The van der Waals surface area contributed by atoms with Crippen LogP contribution in [0.4, 0.5) is 4.39 Å². The van der Waals surface area contributed by atoms with E-state index >= 15 is 0 Å². The van der Waals surface area contributed by atoms with Gasteiger partial charge in [0, 0.05) is 18.0 Å². The maximum absolute atomic E-state index is 13.8. The molecule has 1 unspecified atom stereocenters. The number of nitrogens with one attached hydrogen (secondary N) is 1. The van der Waals surface area contributed by atoms with Crippen molar-refractivity contribution in [1.82, 2.24) is 10.3 Å². The van der Waals surface area contributed by atoms with Crippen molar-refractivity contribution in [3.8, 4) is 0 Å². The van der Waals surface area contributed by atoms with Gasteiger partial charge in [-0.2, -0.15) is 0 Å². The predicted octanol–water partition coefficient (Wildman–Crippen LogP) is 2.84. The number of aromatic nitrogens is 1. The van der Waals surface area contributed by atoms with Crippen molar-refractivity contribution >= 4 is 0 Å². The van der Waals surface area contributed by atoms with Crippen molar-refractivity contribution in [3.63, 3.8) is 0 Å². The third-order valence-corrected chi connectivity index (χ3v) is 2.77. The number of nitrogens with zero attached hydrogens (tertiary/aromatic N) is 1. The number of aryl methyl sites for hydroxylation is 1. The fourth-order valence-electron chi connectivity index (χ4n) is 1.93. The molecule has 0 saturated heterocycles. The van der Waals surface area contributed by atoms with E-state index in [1.54, 1.807) is 18.5 Å². The van der Waals surface area contributed by atoms with E-state index in [0.29, 0.717) is 5.56 Å². The Bertz CT molecular complexity index is 497. The molecule has 1 N–H and O–H groups in total. The highest BCUT2D eigenvalue weighted by Gasteiger charge is 2.16. The van der Waals surface area contributed by atoms with Gasteiger partial charge in [0.2, 0.25) is 0 Å². The second-order valence-corrected chi connectivity index (χ2v) is 4.03. The molecule has 88 valence electrons. The third kappa shape index (κ3) is 2.50. The van der Waals surface area contributed by atoms with Gasteiger partial charge in [-0.3, -0.25) is 4.98 Å². The molecule has 2 rings (SSSR count). The van der Waals surface area contributed by atoms with Crippen molar-refractivity contribution < 1.29 is 4.39 Å². The smallest absolute Gasteiger partial charge is 0.128 e. The lowest BCUT2D eigenvalue weighted by Gasteiger charge is -2.18. The quantitative estimate of drug-likeness (QED) is 0.877. The molecule has 0 aliphatic carbocycles. The van der Waals surface area contributed by atoms with Gasteiger partial charge in [-0.15, -0.1) is 0 Å². The third-order valence-electron chi connectivity index (χ3n) is 2.77. The minimum absolute atomic E-state index is 0.163. The number of rotatable bonds is 3. The molecule has 2 aromatic rings. The Hall–Kier alpha value is -1.74. The van der Waals surface area contributed by atoms with Crippen molar-refractivity contribution in [3.05, 3.63) is 65.2 Å². The summed E-state index contributed by atoms with van der Waals surface area (Å²) in [5.41, 5.74) is 2.66. The van der Waals surface area contributed by atoms with Gasteiger partial charge < -0.3 is 5.32 Å². The first-order valence-electron chi connectivity index (χ1n) is 5.55. The lowest BCUT2D eigenvalue weighted by molar-refractivity contribution is 0.575. The highest BCUT2D eigenvalue weighted by atomic mass is 19.1. The van der Waals surface area contributed by atoms with E-state index in [1.165, 1.54) is 6.07 Å². The van der Waals surface area contributed by atoms with Gasteiger partial charge in [0.05, 0.1) is 6.04 Å². The summed E-state index contributed by atoms with van der Waals surface area (Å²) in [6, 6.07) is 8.77. The molecule has 3 heteroatoms. The summed E-state index contributed by atoms with van der Waals surface area (Å²) in [5, 5.41) is 3.12. The summed E-state index contributed by atoms with van der Waals surface area (Å²) < 4.78 is 13.8. The van der Waals surface area contributed by atoms with Crippen LogP contribution >= 0.6 is 0 Å². The zero-order valence-electron chi connectivity index (χ0n) is 9.94. The largest absolute Gasteiger partial charge is 0.309 e. The summed E-state index contributed by atoms with van der Waals surface area (Å²) in [6.07, 6.45) is 3.46. The molecule has 2 nitrogen and oxygen atoms in total. The molecule has 0 aliphatic heterocycles. The lowest BCUT2D eigenvalue weighted by Crippen LogP contribution is -2.19. The Morgan fingerprint density at radius 3 is 2.76 bits per heavy atom. The highest BCUT2D eigenvalue weighted by molar-refractivity contribution is 5.33. The normalized spacial score (nSPS) is 12.4. The zero-order valence-corrected chi connectivity index (χ0v) is 9.94. The van der Waals surface area contributed by atoms with Gasteiger partial charge in [-0.1, -0.05) is 23.8 Å². The molecule has 0 saturated carbocycles. The Labute approximate surface area is 101 Å². The Kier molecular flexibility index (Phi) is 3.49. The maximum atomic E-state index is 13.8. The molecule has 0 spiro atoms. The van der Waals surface area contributed by atoms with Crippen molar-refractivity contribution in [2.75, 3.05) is 7.05 Å². The van der Waals surface area contributed by atoms with Crippen LogP contribution in [0.25, 0.3) is 0 Å². The average molecular weight is 230 g/mol. The van der Waals surface area contributed by atoms with E-state index in [-0.39, 0.29) is 11.9 Å². The molecule has 1 heterocycles. The SMILES string of the molecule is CNC(c1cccnc1)c1cc(C)ccc1F. The van der Waals surface area contributed by atoms with Crippen molar-refractivity contribution in [2.24, 2.45) is 0 Å². The minimum atomic E-state index is -0.196. The molecule has 0 fully saturated rings. The standard InChI is InChI=1S/C14H15FN2/c1-10-5-6-13(15)12(8-10)14(16-2)11-4-3-7-17-9-11/h3-9,14,16H,1-2H3. The number of pyridine rings is 1. The zero-order chi connectivity index (χ0) is 12.3. The predicted molar refractivity (Wildman–Crippen MR) is 66.3 cm³/mol. The molecular formula is C14H15FN2. The molecule has 1 aromatic carbocycles. The first-order chi connectivity index (χ1) is 8.22. The van der Waals surface area contributed by atoms with E-state index in [1.807, 2.05) is 32.2 Å². The highest BCUT2D eigenvalue weighted by Crippen LogP contribution is 2.24. The number of hydrogen-bond acceptors (Lipinski definition) is 2. The van der Waals surface area contributed by atoms with E-state index in [9.17, 15) is 4.39 Å². The Morgan fingerprint density at radius 1 is 1.29 bits per heavy atom. The summed E-state index contributed by atoms with van der Waals surface area (Å²) in [5.74, 6) is -0.196. The van der Waals surface area contributed by atoms with Gasteiger partial charge >= 0.3 is 0 Å². The van der Waals surface area contributed by atoms with Crippen LogP contribution in [-0.2, 0) is 0 Å². The molecule has 0 radical (unpaired) electrons. The Morgan fingerprint density at radius 2 is 2.12 bits per heavy atom. The van der Waals surface area contributed by atoms with Crippen LogP contribution in [0.2, 0.25) is 0 Å². The fourth-order valence-corrected chi connectivity index (χ4v) is 1.93. The summed E-state index contributed by atoms with van der Waals surface area (Å²) >= 11 is 0. The molecule has 1 aromatic heterocycles. The van der Waals surface area contributed by atoms with Gasteiger partial charge in [-0.25, -0.2) is 4.39 Å². The summed E-state index contributed by atoms with van der Waals surface area (Å²) in [6.45, 7) is 1.96. The second kappa shape index (κ2) is 5.06. The number of benzene rings is 1. The van der Waals surface area contributed by atoms with E-state index in [2.05, 4.69) is 10.3 Å². The molecule has 0 amide bonds. The van der Waals surface area contributed by atoms with Crippen LogP contribution in [0.3, 0.4) is 0 Å². The van der Waals surface area contributed by atoms with Crippen LogP contribution in [0, 0.1) is 12.7 Å². The maximum Gasteiger partial charge on any atom is 0.128 e. The number of hydrogen-bond donors (Lipinski definition) is 1. The van der Waals surface area contributed by atoms with E-state index < -0.39 is 0 Å². The molecule has 1 atom stereocenters. The molecular weight excluding hydrogens is 215 g/mol. The minimum Gasteiger partial charge on any atom is -0.309 e. The van der Waals surface area contributed by atoms with Gasteiger partial charge in [0.1, 0.15) is 5.82 Å². The van der Waals surface area contributed by atoms with Crippen LogP contribution < -0.4 is 5.32 Å². The van der Waals surface area contributed by atoms with Crippen LogP contribution in [-0.4, -0.2) is 12.0 Å². The summed E-state index contributed by atoms with van der Waals surface area (Å²) in [4.78, 5) is 4.07. The average Bonchev–Trinajstić information content (AvgIpc) is 2.36. The molecule has 17 heavy (non-hydrogen) atoms. The van der Waals surface area contributed by atoms with Crippen molar-refractivity contribution in [1.29, 1.82) is 0 Å².